The highest BCUT2D eigenvalue weighted by atomic mass is 16.3. The second kappa shape index (κ2) is 5.33. The second-order valence-corrected chi connectivity index (χ2v) is 3.54. The van der Waals surface area contributed by atoms with E-state index in [2.05, 4.69) is 11.5 Å². The Kier molecular flexibility index (Phi) is 4.33. The number of aliphatic hydroxyl groups is 1. The number of likely N-dealkylation sites (tertiary alicyclic amines) is 1. The highest BCUT2D eigenvalue weighted by Gasteiger charge is 2.17. The van der Waals surface area contributed by atoms with Crippen LogP contribution >= 0.6 is 0 Å². The smallest absolute Gasteiger partial charge is 0.0460 e. The van der Waals surface area contributed by atoms with Crippen molar-refractivity contribution < 1.29 is 5.11 Å². The predicted octanol–water partition coefficient (Wildman–Crippen LogP) is 1.27. The van der Waals surface area contributed by atoms with Gasteiger partial charge in [0.15, 0.2) is 0 Å². The van der Waals surface area contributed by atoms with Gasteiger partial charge in [0.1, 0.15) is 0 Å². The molecule has 0 bridgehead atoms. The number of nitrogens with zero attached hydrogens (tertiary/aromatic N) is 1. The Morgan fingerprint density at radius 1 is 1.42 bits per heavy atom. The molecule has 1 fully saturated rings. The van der Waals surface area contributed by atoms with Crippen molar-refractivity contribution in [1.82, 2.24) is 4.90 Å². The topological polar surface area (TPSA) is 23.5 Å². The molecule has 1 aliphatic heterocycles. The van der Waals surface area contributed by atoms with E-state index in [-0.39, 0.29) is 0 Å². The van der Waals surface area contributed by atoms with Crippen molar-refractivity contribution in [3.05, 3.63) is 12.7 Å². The normalized spacial score (nSPS) is 21.1. The SMILES string of the molecule is C=CCCN1CCC(CO)CC1. The summed E-state index contributed by atoms with van der Waals surface area (Å²) in [7, 11) is 0. The summed E-state index contributed by atoms with van der Waals surface area (Å²) in [6.45, 7) is 7.52. The third-order valence-corrected chi connectivity index (χ3v) is 2.61. The molecule has 1 rings (SSSR count). The lowest BCUT2D eigenvalue weighted by Gasteiger charge is -2.30. The Bertz CT molecular complexity index is 128. The van der Waals surface area contributed by atoms with Crippen molar-refractivity contribution in [2.24, 2.45) is 5.92 Å². The highest BCUT2D eigenvalue weighted by Crippen LogP contribution is 2.16. The Labute approximate surface area is 74.9 Å². The maximum atomic E-state index is 8.92. The van der Waals surface area contributed by atoms with Gasteiger partial charge in [0.05, 0.1) is 0 Å². The van der Waals surface area contributed by atoms with Crippen molar-refractivity contribution in [3.63, 3.8) is 0 Å². The molecule has 1 saturated heterocycles. The zero-order valence-electron chi connectivity index (χ0n) is 7.71. The molecular weight excluding hydrogens is 150 g/mol. The molecule has 0 radical (unpaired) electrons. The van der Waals surface area contributed by atoms with Gasteiger partial charge in [-0.25, -0.2) is 0 Å². The predicted molar refractivity (Wildman–Crippen MR) is 51.1 cm³/mol. The van der Waals surface area contributed by atoms with E-state index in [1.807, 2.05) is 6.08 Å². The zero-order valence-corrected chi connectivity index (χ0v) is 7.71. The fourth-order valence-corrected chi connectivity index (χ4v) is 1.67. The van der Waals surface area contributed by atoms with Gasteiger partial charge in [-0.3, -0.25) is 0 Å². The molecule has 0 amide bonds. The first-order chi connectivity index (χ1) is 5.86. The quantitative estimate of drug-likeness (QED) is 0.641. The van der Waals surface area contributed by atoms with Crippen LogP contribution in [-0.4, -0.2) is 36.2 Å². The molecule has 0 aromatic rings. The van der Waals surface area contributed by atoms with E-state index >= 15 is 0 Å². The van der Waals surface area contributed by atoms with E-state index in [9.17, 15) is 0 Å². The second-order valence-electron chi connectivity index (χ2n) is 3.54. The molecule has 0 spiro atoms. The zero-order chi connectivity index (χ0) is 8.81. The molecule has 0 aliphatic carbocycles. The lowest BCUT2D eigenvalue weighted by atomic mass is 9.98. The van der Waals surface area contributed by atoms with Gasteiger partial charge >= 0.3 is 0 Å². The van der Waals surface area contributed by atoms with E-state index in [0.29, 0.717) is 12.5 Å². The molecule has 0 saturated carbocycles. The maximum absolute atomic E-state index is 8.92. The summed E-state index contributed by atoms with van der Waals surface area (Å²) in [6, 6.07) is 0. The minimum Gasteiger partial charge on any atom is -0.396 e. The van der Waals surface area contributed by atoms with Gasteiger partial charge in [0.25, 0.3) is 0 Å². The molecule has 1 heterocycles. The van der Waals surface area contributed by atoms with E-state index in [1.54, 1.807) is 0 Å². The summed E-state index contributed by atoms with van der Waals surface area (Å²) >= 11 is 0. The molecule has 1 aliphatic rings. The maximum Gasteiger partial charge on any atom is 0.0460 e. The third kappa shape index (κ3) is 2.95. The van der Waals surface area contributed by atoms with Gasteiger partial charge in [-0.2, -0.15) is 0 Å². The van der Waals surface area contributed by atoms with Crippen LogP contribution in [-0.2, 0) is 0 Å². The lowest BCUT2D eigenvalue weighted by molar-refractivity contribution is 0.133. The van der Waals surface area contributed by atoms with Gasteiger partial charge in [-0.05, 0) is 38.3 Å². The van der Waals surface area contributed by atoms with Gasteiger partial charge in [0, 0.05) is 13.2 Å². The standard InChI is InChI=1S/C10H19NO/c1-2-3-6-11-7-4-10(9-12)5-8-11/h2,10,12H,1,3-9H2. The van der Waals surface area contributed by atoms with Crippen LogP contribution in [0.1, 0.15) is 19.3 Å². The molecule has 70 valence electrons. The summed E-state index contributed by atoms with van der Waals surface area (Å²) in [5, 5.41) is 8.92. The van der Waals surface area contributed by atoms with Crippen LogP contribution in [0.15, 0.2) is 12.7 Å². The van der Waals surface area contributed by atoms with Gasteiger partial charge in [-0.1, -0.05) is 6.08 Å². The molecule has 2 nitrogen and oxygen atoms in total. The lowest BCUT2D eigenvalue weighted by Crippen LogP contribution is -2.35. The Balaban J connectivity index is 2.12. The Hall–Kier alpha value is -0.340. The fraction of sp³-hybridized carbons (Fsp3) is 0.800. The van der Waals surface area contributed by atoms with E-state index < -0.39 is 0 Å². The van der Waals surface area contributed by atoms with Gasteiger partial charge in [0.2, 0.25) is 0 Å². The number of rotatable bonds is 4. The van der Waals surface area contributed by atoms with Crippen molar-refractivity contribution in [2.75, 3.05) is 26.2 Å². The highest BCUT2D eigenvalue weighted by molar-refractivity contribution is 4.75. The van der Waals surface area contributed by atoms with Crippen LogP contribution in [0.5, 0.6) is 0 Å². The number of hydrogen-bond donors (Lipinski definition) is 1. The first-order valence-corrected chi connectivity index (χ1v) is 4.81. The van der Waals surface area contributed by atoms with E-state index in [0.717, 1.165) is 38.9 Å². The molecule has 1 N–H and O–H groups in total. The summed E-state index contributed by atoms with van der Waals surface area (Å²) in [4.78, 5) is 2.45. The first-order valence-electron chi connectivity index (χ1n) is 4.81. The van der Waals surface area contributed by atoms with Crippen LogP contribution in [0.3, 0.4) is 0 Å². The summed E-state index contributed by atoms with van der Waals surface area (Å²) in [5.41, 5.74) is 0. The molecule has 12 heavy (non-hydrogen) atoms. The minimum atomic E-state index is 0.370. The summed E-state index contributed by atoms with van der Waals surface area (Å²) < 4.78 is 0. The summed E-state index contributed by atoms with van der Waals surface area (Å²) in [6.07, 6.45) is 5.38. The number of hydrogen-bond acceptors (Lipinski definition) is 2. The Morgan fingerprint density at radius 2 is 2.08 bits per heavy atom. The van der Waals surface area contributed by atoms with Crippen molar-refractivity contribution in [3.8, 4) is 0 Å². The fourth-order valence-electron chi connectivity index (χ4n) is 1.67. The summed E-state index contributed by atoms with van der Waals surface area (Å²) in [5.74, 6) is 0.560. The van der Waals surface area contributed by atoms with Crippen LogP contribution in [0.4, 0.5) is 0 Å². The molecular formula is C10H19NO. The van der Waals surface area contributed by atoms with Crippen LogP contribution in [0.2, 0.25) is 0 Å². The first kappa shape index (κ1) is 9.75. The van der Waals surface area contributed by atoms with Crippen molar-refractivity contribution in [2.45, 2.75) is 19.3 Å². The average molecular weight is 169 g/mol. The molecule has 0 aromatic carbocycles. The number of aliphatic hydroxyl groups excluding tert-OH is 1. The van der Waals surface area contributed by atoms with Gasteiger partial charge in [-0.15, -0.1) is 6.58 Å². The monoisotopic (exact) mass is 169 g/mol. The van der Waals surface area contributed by atoms with E-state index in [4.69, 9.17) is 5.11 Å². The number of piperidine rings is 1. The van der Waals surface area contributed by atoms with Gasteiger partial charge < -0.3 is 10.0 Å². The van der Waals surface area contributed by atoms with Crippen molar-refractivity contribution >= 4 is 0 Å². The van der Waals surface area contributed by atoms with Crippen LogP contribution < -0.4 is 0 Å². The van der Waals surface area contributed by atoms with Crippen molar-refractivity contribution in [1.29, 1.82) is 0 Å². The van der Waals surface area contributed by atoms with E-state index in [1.165, 1.54) is 0 Å². The van der Waals surface area contributed by atoms with Crippen LogP contribution in [0.25, 0.3) is 0 Å². The molecule has 2 heteroatoms. The third-order valence-electron chi connectivity index (χ3n) is 2.61. The minimum absolute atomic E-state index is 0.370. The molecule has 0 unspecified atom stereocenters. The van der Waals surface area contributed by atoms with Crippen LogP contribution in [0, 0.1) is 5.92 Å². The molecule has 0 atom stereocenters. The Morgan fingerprint density at radius 3 is 2.58 bits per heavy atom. The largest absolute Gasteiger partial charge is 0.396 e. The molecule has 0 aromatic heterocycles. The average Bonchev–Trinajstić information content (AvgIpc) is 2.15.